The molecule has 194 valence electrons. The van der Waals surface area contributed by atoms with Gasteiger partial charge in [-0.1, -0.05) is 97.1 Å². The summed E-state index contributed by atoms with van der Waals surface area (Å²) in [5.41, 5.74) is 8.16. The third kappa shape index (κ3) is 4.02. The van der Waals surface area contributed by atoms with Gasteiger partial charge in [0.05, 0.1) is 11.2 Å². The van der Waals surface area contributed by atoms with Gasteiger partial charge in [0.1, 0.15) is 0 Å². The molecule has 0 fully saturated rings. The van der Waals surface area contributed by atoms with Gasteiger partial charge in [-0.05, 0) is 60.2 Å². The number of nitrogens with zero attached hydrogens (tertiary/aromatic N) is 2. The molecule has 0 aliphatic rings. The Morgan fingerprint density at radius 1 is 0.488 bits per heavy atom. The number of hydrogen-bond acceptors (Lipinski definition) is 2. The van der Waals surface area contributed by atoms with E-state index in [-0.39, 0.29) is 0 Å². The number of para-hydroxylation sites is 4. The standard InChI is InChI=1S/C38H26N2S/c1-4-13-28(14-5-1)39-26-34(27-23-24-32-31-19-10-11-22-36(31)41-37(32)25-27)33-20-12-21-35(38(33)39)40(29-15-6-2-7-16-29)30-17-8-3-9-18-30/h1-26H. The van der Waals surface area contributed by atoms with Crippen LogP contribution >= 0.6 is 11.3 Å². The molecule has 3 heteroatoms. The second kappa shape index (κ2) is 9.81. The Morgan fingerprint density at radius 3 is 1.83 bits per heavy atom. The Bertz CT molecular complexity index is 2100. The van der Waals surface area contributed by atoms with Crippen LogP contribution in [0.4, 0.5) is 17.1 Å². The fourth-order valence-electron chi connectivity index (χ4n) is 5.94. The van der Waals surface area contributed by atoms with Gasteiger partial charge >= 0.3 is 0 Å². The molecule has 2 nitrogen and oxygen atoms in total. The van der Waals surface area contributed by atoms with E-state index in [9.17, 15) is 0 Å². The average Bonchev–Trinajstić information content (AvgIpc) is 3.62. The Balaban J connectivity index is 1.41. The fraction of sp³-hybridized carbons (Fsp3) is 0. The minimum atomic E-state index is 1.13. The third-order valence-electron chi connectivity index (χ3n) is 7.80. The van der Waals surface area contributed by atoms with Crippen molar-refractivity contribution in [2.24, 2.45) is 0 Å². The Kier molecular flexibility index (Phi) is 5.68. The van der Waals surface area contributed by atoms with Crippen LogP contribution < -0.4 is 4.90 Å². The molecule has 0 unspecified atom stereocenters. The number of thiophene rings is 1. The van der Waals surface area contributed by atoms with Crippen molar-refractivity contribution < 1.29 is 0 Å². The van der Waals surface area contributed by atoms with Crippen molar-refractivity contribution in [2.75, 3.05) is 4.90 Å². The zero-order valence-electron chi connectivity index (χ0n) is 22.3. The summed E-state index contributed by atoms with van der Waals surface area (Å²) >= 11 is 1.87. The van der Waals surface area contributed by atoms with Crippen molar-refractivity contribution in [3.63, 3.8) is 0 Å². The third-order valence-corrected chi connectivity index (χ3v) is 8.93. The lowest BCUT2D eigenvalue weighted by atomic mass is 10.0. The molecule has 0 saturated carbocycles. The SMILES string of the molecule is c1ccc(N(c2ccccc2)c2cccc3c(-c4ccc5c(c4)sc4ccccc45)cn(-c4ccccc4)c23)cc1. The van der Waals surface area contributed by atoms with Crippen molar-refractivity contribution >= 4 is 59.5 Å². The molecule has 0 radical (unpaired) electrons. The Labute approximate surface area is 243 Å². The lowest BCUT2D eigenvalue weighted by molar-refractivity contribution is 1.12. The molecule has 8 rings (SSSR count). The largest absolute Gasteiger partial charge is 0.314 e. The van der Waals surface area contributed by atoms with Gasteiger partial charge in [-0.25, -0.2) is 0 Å². The number of hydrogen-bond donors (Lipinski definition) is 0. The highest BCUT2D eigenvalue weighted by Gasteiger charge is 2.21. The van der Waals surface area contributed by atoms with Crippen molar-refractivity contribution in [3.05, 3.63) is 158 Å². The predicted octanol–water partition coefficient (Wildman–Crippen LogP) is 11.1. The number of aromatic nitrogens is 1. The van der Waals surface area contributed by atoms with E-state index in [2.05, 4.69) is 167 Å². The Hall–Kier alpha value is -5.12. The molecule has 0 N–H and O–H groups in total. The first kappa shape index (κ1) is 23.7. The topological polar surface area (TPSA) is 8.17 Å². The van der Waals surface area contributed by atoms with Crippen LogP contribution in [-0.4, -0.2) is 4.57 Å². The first-order valence-electron chi connectivity index (χ1n) is 13.9. The molecule has 0 saturated heterocycles. The van der Waals surface area contributed by atoms with Gasteiger partial charge in [-0.3, -0.25) is 0 Å². The van der Waals surface area contributed by atoms with Crippen LogP contribution in [-0.2, 0) is 0 Å². The van der Waals surface area contributed by atoms with Gasteiger partial charge < -0.3 is 9.47 Å². The summed E-state index contributed by atoms with van der Waals surface area (Å²) in [5, 5.41) is 3.87. The zero-order valence-corrected chi connectivity index (χ0v) is 23.1. The number of anilines is 3. The first-order valence-corrected chi connectivity index (χ1v) is 14.7. The predicted molar refractivity (Wildman–Crippen MR) is 176 cm³/mol. The number of benzene rings is 6. The van der Waals surface area contributed by atoms with E-state index in [0.717, 1.165) is 22.7 Å². The minimum Gasteiger partial charge on any atom is -0.314 e. The summed E-state index contributed by atoms with van der Waals surface area (Å²) in [6, 6.07) is 54.3. The highest BCUT2D eigenvalue weighted by Crippen LogP contribution is 2.44. The summed E-state index contributed by atoms with van der Waals surface area (Å²) in [6.07, 6.45) is 2.31. The highest BCUT2D eigenvalue weighted by atomic mass is 32.1. The lowest BCUT2D eigenvalue weighted by Crippen LogP contribution is -2.11. The van der Waals surface area contributed by atoms with Crippen molar-refractivity contribution in [2.45, 2.75) is 0 Å². The molecular formula is C38H26N2S. The van der Waals surface area contributed by atoms with Gasteiger partial charge in [0.25, 0.3) is 0 Å². The number of fused-ring (bicyclic) bond motifs is 4. The molecular weight excluding hydrogens is 516 g/mol. The summed E-state index contributed by atoms with van der Waals surface area (Å²) in [4.78, 5) is 2.36. The highest BCUT2D eigenvalue weighted by molar-refractivity contribution is 7.25. The maximum atomic E-state index is 2.36. The van der Waals surface area contributed by atoms with Crippen LogP contribution in [0.2, 0.25) is 0 Å². The van der Waals surface area contributed by atoms with E-state index < -0.39 is 0 Å². The van der Waals surface area contributed by atoms with Gasteiger partial charge in [-0.15, -0.1) is 11.3 Å². The smallest absolute Gasteiger partial charge is 0.0777 e. The van der Waals surface area contributed by atoms with Gasteiger partial charge in [-0.2, -0.15) is 0 Å². The maximum absolute atomic E-state index is 2.36. The van der Waals surface area contributed by atoms with E-state index in [4.69, 9.17) is 0 Å². The first-order chi connectivity index (χ1) is 20.3. The molecule has 0 aliphatic heterocycles. The molecule has 2 heterocycles. The Morgan fingerprint density at radius 2 is 1.10 bits per heavy atom. The van der Waals surface area contributed by atoms with E-state index in [1.165, 1.54) is 42.2 Å². The van der Waals surface area contributed by atoms with E-state index in [1.54, 1.807) is 0 Å². The second-order valence-electron chi connectivity index (χ2n) is 10.2. The lowest BCUT2D eigenvalue weighted by Gasteiger charge is -2.27. The van der Waals surface area contributed by atoms with Crippen molar-refractivity contribution in [1.29, 1.82) is 0 Å². The van der Waals surface area contributed by atoms with Crippen LogP contribution in [0.1, 0.15) is 0 Å². The van der Waals surface area contributed by atoms with Gasteiger partial charge in [0, 0.05) is 54.4 Å². The van der Waals surface area contributed by atoms with E-state index in [1.807, 2.05) is 11.3 Å². The van der Waals surface area contributed by atoms with Crippen LogP contribution in [0.3, 0.4) is 0 Å². The monoisotopic (exact) mass is 542 g/mol. The molecule has 8 aromatic rings. The van der Waals surface area contributed by atoms with E-state index in [0.29, 0.717) is 0 Å². The van der Waals surface area contributed by atoms with Crippen LogP contribution in [0.5, 0.6) is 0 Å². The molecule has 0 bridgehead atoms. The number of rotatable bonds is 5. The van der Waals surface area contributed by atoms with Crippen molar-refractivity contribution in [1.82, 2.24) is 4.57 Å². The van der Waals surface area contributed by atoms with Gasteiger partial charge in [0.15, 0.2) is 0 Å². The van der Waals surface area contributed by atoms with Crippen LogP contribution in [0, 0.1) is 0 Å². The van der Waals surface area contributed by atoms with E-state index >= 15 is 0 Å². The molecule has 6 aromatic carbocycles. The molecule has 0 atom stereocenters. The normalized spacial score (nSPS) is 11.4. The quantitative estimate of drug-likeness (QED) is 0.210. The molecule has 2 aromatic heterocycles. The summed E-state index contributed by atoms with van der Waals surface area (Å²) in [5.74, 6) is 0. The summed E-state index contributed by atoms with van der Waals surface area (Å²) < 4.78 is 5.00. The molecule has 0 amide bonds. The van der Waals surface area contributed by atoms with Crippen LogP contribution in [0.25, 0.3) is 47.9 Å². The van der Waals surface area contributed by atoms with Gasteiger partial charge in [0.2, 0.25) is 0 Å². The zero-order chi connectivity index (χ0) is 27.2. The molecule has 41 heavy (non-hydrogen) atoms. The molecule has 0 aliphatic carbocycles. The summed E-state index contributed by atoms with van der Waals surface area (Å²) in [6.45, 7) is 0. The second-order valence-corrected chi connectivity index (χ2v) is 11.3. The maximum Gasteiger partial charge on any atom is 0.0777 e. The van der Waals surface area contributed by atoms with Crippen molar-refractivity contribution in [3.8, 4) is 16.8 Å². The average molecular weight is 543 g/mol. The van der Waals surface area contributed by atoms with Crippen LogP contribution in [0.15, 0.2) is 158 Å². The fourth-order valence-corrected chi connectivity index (χ4v) is 7.09. The summed E-state index contributed by atoms with van der Waals surface area (Å²) in [7, 11) is 0. The minimum absolute atomic E-state index is 1.13. The molecule has 0 spiro atoms.